The molecule has 6 heteroatoms. The molecule has 1 aliphatic rings. The predicted octanol–water partition coefficient (Wildman–Crippen LogP) is 1.66. The van der Waals surface area contributed by atoms with Crippen LogP contribution in [-0.2, 0) is 9.47 Å². The number of para-hydroxylation sites is 1. The van der Waals surface area contributed by atoms with Crippen molar-refractivity contribution < 1.29 is 23.4 Å². The molecule has 1 atom stereocenters. The summed E-state index contributed by atoms with van der Waals surface area (Å²) in [6.45, 7) is 0.623. The van der Waals surface area contributed by atoms with Gasteiger partial charge in [-0.3, -0.25) is 5.73 Å². The number of benzene rings is 1. The first-order chi connectivity index (χ1) is 9.57. The second-order valence-electron chi connectivity index (χ2n) is 4.67. The van der Waals surface area contributed by atoms with Crippen molar-refractivity contribution in [3.05, 3.63) is 29.8 Å². The van der Waals surface area contributed by atoms with Gasteiger partial charge in [0.1, 0.15) is 11.3 Å². The average Bonchev–Trinajstić information content (AvgIpc) is 2.47. The van der Waals surface area contributed by atoms with E-state index in [1.165, 1.54) is 7.11 Å². The molecule has 5 nitrogen and oxygen atoms in total. The van der Waals surface area contributed by atoms with Crippen molar-refractivity contribution in [1.82, 2.24) is 0 Å². The topological polar surface area (TPSA) is 70.8 Å². The van der Waals surface area contributed by atoms with Gasteiger partial charge < -0.3 is 14.2 Å². The molecule has 1 saturated heterocycles. The lowest BCUT2D eigenvalue weighted by atomic mass is 9.94. The summed E-state index contributed by atoms with van der Waals surface area (Å²) in [6, 6.07) is 6.46. The number of carbonyl (C=O) groups excluding carboxylic acids is 1. The van der Waals surface area contributed by atoms with Crippen LogP contribution in [0.15, 0.2) is 24.3 Å². The van der Waals surface area contributed by atoms with Gasteiger partial charge in [0, 0.05) is 26.1 Å². The van der Waals surface area contributed by atoms with Crippen molar-refractivity contribution in [3.63, 3.8) is 0 Å². The SMILES string of the molecule is COC(=O)c1ccccc1OC(N)C1(F)CCOCC1. The van der Waals surface area contributed by atoms with Crippen LogP contribution in [0.25, 0.3) is 0 Å². The second kappa shape index (κ2) is 6.19. The summed E-state index contributed by atoms with van der Waals surface area (Å²) in [5, 5.41) is 0. The molecule has 1 aliphatic heterocycles. The molecule has 0 amide bonds. The van der Waals surface area contributed by atoms with E-state index in [1.807, 2.05) is 0 Å². The number of hydrogen-bond acceptors (Lipinski definition) is 5. The fraction of sp³-hybridized carbons (Fsp3) is 0.500. The molecule has 0 spiro atoms. The minimum atomic E-state index is -1.65. The van der Waals surface area contributed by atoms with Crippen molar-refractivity contribution in [1.29, 1.82) is 0 Å². The van der Waals surface area contributed by atoms with Gasteiger partial charge in [-0.25, -0.2) is 9.18 Å². The molecule has 1 fully saturated rings. The molecular formula is C14H18FNO4. The van der Waals surface area contributed by atoms with E-state index in [0.717, 1.165) is 0 Å². The molecular weight excluding hydrogens is 265 g/mol. The van der Waals surface area contributed by atoms with Gasteiger partial charge >= 0.3 is 5.97 Å². The summed E-state index contributed by atoms with van der Waals surface area (Å²) in [7, 11) is 1.27. The number of rotatable bonds is 4. The van der Waals surface area contributed by atoms with Crippen LogP contribution in [0.1, 0.15) is 23.2 Å². The van der Waals surface area contributed by atoms with Gasteiger partial charge in [0.15, 0.2) is 11.9 Å². The fourth-order valence-electron chi connectivity index (χ4n) is 2.09. The Balaban J connectivity index is 2.15. The van der Waals surface area contributed by atoms with Crippen molar-refractivity contribution in [2.24, 2.45) is 5.73 Å². The monoisotopic (exact) mass is 283 g/mol. The molecule has 1 heterocycles. The highest BCUT2D eigenvalue weighted by molar-refractivity contribution is 5.92. The second-order valence-corrected chi connectivity index (χ2v) is 4.67. The number of nitrogens with two attached hydrogens (primary N) is 1. The van der Waals surface area contributed by atoms with E-state index in [2.05, 4.69) is 4.74 Å². The normalized spacial score (nSPS) is 19.1. The molecule has 1 aromatic rings. The Morgan fingerprint density at radius 2 is 2.05 bits per heavy atom. The Labute approximate surface area is 116 Å². The van der Waals surface area contributed by atoms with Crippen LogP contribution in [0, 0.1) is 0 Å². The van der Waals surface area contributed by atoms with Gasteiger partial charge in [0.05, 0.1) is 7.11 Å². The van der Waals surface area contributed by atoms with Gasteiger partial charge in [0.2, 0.25) is 0 Å². The third-order valence-corrected chi connectivity index (χ3v) is 3.38. The first-order valence-corrected chi connectivity index (χ1v) is 6.43. The Bertz CT molecular complexity index is 474. The third-order valence-electron chi connectivity index (χ3n) is 3.38. The van der Waals surface area contributed by atoms with Crippen molar-refractivity contribution in [2.75, 3.05) is 20.3 Å². The maximum absolute atomic E-state index is 14.6. The molecule has 1 aromatic carbocycles. The largest absolute Gasteiger partial charge is 0.471 e. The Kier molecular flexibility index (Phi) is 4.57. The maximum Gasteiger partial charge on any atom is 0.341 e. The van der Waals surface area contributed by atoms with E-state index in [1.54, 1.807) is 24.3 Å². The van der Waals surface area contributed by atoms with E-state index in [4.69, 9.17) is 15.2 Å². The molecule has 0 aromatic heterocycles. The zero-order valence-electron chi connectivity index (χ0n) is 11.3. The van der Waals surface area contributed by atoms with Crippen LogP contribution in [0.4, 0.5) is 4.39 Å². The lowest BCUT2D eigenvalue weighted by Crippen LogP contribution is -2.51. The molecule has 0 saturated carbocycles. The smallest absolute Gasteiger partial charge is 0.341 e. The fourth-order valence-corrected chi connectivity index (χ4v) is 2.09. The first kappa shape index (κ1) is 14.7. The lowest BCUT2D eigenvalue weighted by Gasteiger charge is -2.34. The highest BCUT2D eigenvalue weighted by Crippen LogP contribution is 2.30. The van der Waals surface area contributed by atoms with Gasteiger partial charge in [-0.2, -0.15) is 0 Å². The van der Waals surface area contributed by atoms with E-state index >= 15 is 0 Å². The van der Waals surface area contributed by atoms with Crippen LogP contribution in [-0.4, -0.2) is 38.2 Å². The zero-order chi connectivity index (χ0) is 14.6. The van der Waals surface area contributed by atoms with Crippen LogP contribution in [0.5, 0.6) is 5.75 Å². The Morgan fingerprint density at radius 1 is 1.40 bits per heavy atom. The molecule has 2 rings (SSSR count). The summed E-state index contributed by atoms with van der Waals surface area (Å²) >= 11 is 0. The quantitative estimate of drug-likeness (QED) is 0.672. The number of halogens is 1. The van der Waals surface area contributed by atoms with Gasteiger partial charge in [-0.15, -0.1) is 0 Å². The Morgan fingerprint density at radius 3 is 2.70 bits per heavy atom. The number of hydrogen-bond donors (Lipinski definition) is 1. The third kappa shape index (κ3) is 3.08. The van der Waals surface area contributed by atoms with E-state index in [-0.39, 0.29) is 24.2 Å². The van der Waals surface area contributed by atoms with Gasteiger partial charge in [0.25, 0.3) is 0 Å². The molecule has 110 valence electrons. The number of methoxy groups -OCH3 is 1. The van der Waals surface area contributed by atoms with E-state index in [9.17, 15) is 9.18 Å². The van der Waals surface area contributed by atoms with Crippen LogP contribution in [0.3, 0.4) is 0 Å². The van der Waals surface area contributed by atoms with Crippen molar-refractivity contribution >= 4 is 5.97 Å². The standard InChI is InChI=1S/C14H18FNO4/c1-18-12(17)10-4-2-3-5-11(10)20-13(16)14(15)6-8-19-9-7-14/h2-5,13H,6-9,16H2,1H3. The summed E-state index contributed by atoms with van der Waals surface area (Å²) < 4.78 is 29.9. The van der Waals surface area contributed by atoms with Crippen molar-refractivity contribution in [2.45, 2.75) is 24.7 Å². The molecule has 0 bridgehead atoms. The molecule has 0 radical (unpaired) electrons. The summed E-state index contributed by atoms with van der Waals surface area (Å²) in [5.41, 5.74) is 4.39. The number of esters is 1. The average molecular weight is 283 g/mol. The maximum atomic E-state index is 14.6. The van der Waals surface area contributed by atoms with E-state index in [0.29, 0.717) is 13.2 Å². The molecule has 0 aliphatic carbocycles. The van der Waals surface area contributed by atoms with Crippen LogP contribution < -0.4 is 10.5 Å². The van der Waals surface area contributed by atoms with Gasteiger partial charge in [-0.05, 0) is 12.1 Å². The van der Waals surface area contributed by atoms with E-state index < -0.39 is 17.9 Å². The van der Waals surface area contributed by atoms with Crippen LogP contribution in [0.2, 0.25) is 0 Å². The number of carbonyl (C=O) groups is 1. The lowest BCUT2D eigenvalue weighted by molar-refractivity contribution is -0.0695. The zero-order valence-corrected chi connectivity index (χ0v) is 11.3. The Hall–Kier alpha value is -1.66. The summed E-state index contributed by atoms with van der Waals surface area (Å²) in [4.78, 5) is 11.6. The summed E-state index contributed by atoms with van der Waals surface area (Å²) in [5.74, 6) is -0.331. The highest BCUT2D eigenvalue weighted by atomic mass is 19.1. The van der Waals surface area contributed by atoms with Gasteiger partial charge in [-0.1, -0.05) is 12.1 Å². The number of alkyl halides is 1. The molecule has 20 heavy (non-hydrogen) atoms. The minimum Gasteiger partial charge on any atom is -0.471 e. The first-order valence-electron chi connectivity index (χ1n) is 6.43. The summed E-state index contributed by atoms with van der Waals surface area (Å²) in [6.07, 6.45) is -0.805. The van der Waals surface area contributed by atoms with Crippen molar-refractivity contribution in [3.8, 4) is 5.75 Å². The van der Waals surface area contributed by atoms with Crippen LogP contribution >= 0.6 is 0 Å². The minimum absolute atomic E-state index is 0.175. The molecule has 1 unspecified atom stereocenters. The molecule has 2 N–H and O–H groups in total. The predicted molar refractivity (Wildman–Crippen MR) is 70.3 cm³/mol. The number of ether oxygens (including phenoxy) is 3. The highest BCUT2D eigenvalue weighted by Gasteiger charge is 2.40.